The molecule has 5 atom stereocenters. The summed E-state index contributed by atoms with van der Waals surface area (Å²) >= 11 is 0. The van der Waals surface area contributed by atoms with Crippen LogP contribution in [0.15, 0.2) is 72.8 Å². The lowest BCUT2D eigenvalue weighted by atomic mass is 9.97. The SMILES string of the molecule is O=C(OC[C@@H]1O[C@H](OC(=O)c2cc(O)c(O)c(O)c2)[C@@H](OC(=O)c2cc(O)c(O)c(O)c2)[C@H](OC(=O)c2cc(O)c(O)c(OC(=O)c3cc(O)c(O)c(O)c3)c2)[C@@H]1OC(=O)c1cc(O)c(O)c(O)c1)c1cc(O)c(O)c(O)c1. The first kappa shape index (κ1) is 54.5. The number of rotatable bonds is 13. The molecule has 6 aromatic rings. The molecule has 6 aromatic carbocycles. The molecule has 0 radical (unpaired) electrons. The predicted octanol–water partition coefficient (Wildman–Crippen LogP) is 2.32. The molecule has 0 aliphatic carbocycles. The van der Waals surface area contributed by atoms with Crippen LogP contribution in [0.5, 0.6) is 103 Å². The van der Waals surface area contributed by atoms with Crippen LogP contribution in [0.4, 0.5) is 0 Å². The second kappa shape index (κ2) is 21.3. The van der Waals surface area contributed by atoms with E-state index in [0.717, 1.165) is 0 Å². The van der Waals surface area contributed by atoms with Crippen molar-refractivity contribution in [3.8, 4) is 103 Å². The van der Waals surface area contributed by atoms with E-state index in [1.807, 2.05) is 0 Å². The Morgan fingerprint density at radius 3 is 0.949 bits per heavy atom. The third-order valence-electron chi connectivity index (χ3n) is 10.9. The van der Waals surface area contributed by atoms with Crippen LogP contribution in [0.1, 0.15) is 62.1 Å². The molecule has 1 saturated heterocycles. The Morgan fingerprint density at radius 2 is 0.590 bits per heavy atom. The van der Waals surface area contributed by atoms with E-state index in [-0.39, 0.29) is 0 Å². The molecular weight excluding hydrogens is 1060 g/mol. The van der Waals surface area contributed by atoms with Crippen LogP contribution < -0.4 is 4.74 Å². The van der Waals surface area contributed by atoms with Crippen molar-refractivity contribution in [2.24, 2.45) is 0 Å². The summed E-state index contributed by atoms with van der Waals surface area (Å²) in [4.78, 5) is 83.0. The molecule has 0 bridgehead atoms. The minimum atomic E-state index is -2.67. The van der Waals surface area contributed by atoms with Crippen molar-refractivity contribution in [3.63, 3.8) is 0 Å². The van der Waals surface area contributed by atoms with E-state index in [4.69, 9.17) is 33.2 Å². The van der Waals surface area contributed by atoms with Crippen molar-refractivity contribution in [1.29, 1.82) is 0 Å². The first-order valence-electron chi connectivity index (χ1n) is 21.3. The van der Waals surface area contributed by atoms with E-state index in [9.17, 15) is 116 Å². The van der Waals surface area contributed by atoms with Crippen LogP contribution in [0.3, 0.4) is 0 Å². The predicted molar refractivity (Wildman–Crippen MR) is 244 cm³/mol. The van der Waals surface area contributed by atoms with Crippen molar-refractivity contribution in [3.05, 3.63) is 106 Å². The lowest BCUT2D eigenvalue weighted by Crippen LogP contribution is -2.63. The summed E-state index contributed by atoms with van der Waals surface area (Å²) in [5.74, 6) is -30.4. The zero-order valence-electron chi connectivity index (χ0n) is 38.4. The summed E-state index contributed by atoms with van der Waals surface area (Å²) in [5.41, 5.74) is -4.97. The normalized spacial score (nSPS) is 16.7. The number of aromatic hydroxyl groups is 17. The Morgan fingerprint density at radius 1 is 0.321 bits per heavy atom. The zero-order chi connectivity index (χ0) is 57.3. The van der Waals surface area contributed by atoms with Gasteiger partial charge in [-0.1, -0.05) is 0 Å². The van der Waals surface area contributed by atoms with Crippen molar-refractivity contribution in [1.82, 2.24) is 0 Å². The number of phenols is 17. The quantitative estimate of drug-likeness (QED) is 0.0341. The number of carbonyl (C=O) groups excluding carboxylic acids is 6. The third kappa shape index (κ3) is 11.1. The number of phenolic OH excluding ortho intramolecular Hbond substituents is 17. The summed E-state index contributed by atoms with van der Waals surface area (Å²) in [6, 6.07) is 6.34. The topological polar surface area (TPSA) is 511 Å². The molecule has 7 rings (SSSR count). The van der Waals surface area contributed by atoms with Crippen LogP contribution in [0, 0.1) is 0 Å². The highest BCUT2D eigenvalue weighted by molar-refractivity contribution is 5.96. The lowest BCUT2D eigenvalue weighted by molar-refractivity contribution is -0.282. The Balaban J connectivity index is 1.39. The molecule has 408 valence electrons. The van der Waals surface area contributed by atoms with Crippen LogP contribution in [-0.2, 0) is 28.4 Å². The highest BCUT2D eigenvalue weighted by atomic mass is 16.7. The van der Waals surface area contributed by atoms with Gasteiger partial charge in [-0.15, -0.1) is 0 Å². The lowest BCUT2D eigenvalue weighted by Gasteiger charge is -2.43. The number of carbonyl (C=O) groups is 6. The van der Waals surface area contributed by atoms with Gasteiger partial charge in [0.25, 0.3) is 0 Å². The van der Waals surface area contributed by atoms with Crippen molar-refractivity contribution < 1.29 is 149 Å². The number of esters is 6. The average molecular weight is 1090 g/mol. The number of benzene rings is 6. The van der Waals surface area contributed by atoms with Crippen LogP contribution in [0.2, 0.25) is 0 Å². The largest absolute Gasteiger partial charge is 0.504 e. The Hall–Kier alpha value is -11.3. The van der Waals surface area contributed by atoms with Crippen LogP contribution >= 0.6 is 0 Å². The number of ether oxygens (including phenoxy) is 7. The smallest absolute Gasteiger partial charge is 0.343 e. The van der Waals surface area contributed by atoms with Gasteiger partial charge in [-0.2, -0.15) is 0 Å². The summed E-state index contributed by atoms with van der Waals surface area (Å²) in [7, 11) is 0. The molecule has 0 spiro atoms. The molecule has 1 fully saturated rings. The van der Waals surface area contributed by atoms with Crippen molar-refractivity contribution in [2.45, 2.75) is 30.7 Å². The average Bonchev–Trinajstić information content (AvgIpc) is 3.40. The monoisotopic (exact) mass is 1090 g/mol. The molecule has 17 N–H and O–H groups in total. The van der Waals surface area contributed by atoms with E-state index in [1.54, 1.807) is 0 Å². The van der Waals surface area contributed by atoms with Gasteiger partial charge < -0.3 is 120 Å². The third-order valence-corrected chi connectivity index (χ3v) is 10.9. The van der Waals surface area contributed by atoms with E-state index >= 15 is 0 Å². The maximum Gasteiger partial charge on any atom is 0.343 e. The molecule has 1 aliphatic rings. The Kier molecular flexibility index (Phi) is 14.9. The van der Waals surface area contributed by atoms with E-state index in [1.165, 1.54) is 0 Å². The van der Waals surface area contributed by atoms with Gasteiger partial charge in [-0.3, -0.25) is 0 Å². The van der Waals surface area contributed by atoms with Gasteiger partial charge in [0.15, 0.2) is 110 Å². The van der Waals surface area contributed by atoms with Gasteiger partial charge in [0, 0.05) is 0 Å². The molecule has 0 aromatic heterocycles. The zero-order valence-corrected chi connectivity index (χ0v) is 38.4. The molecule has 1 heterocycles. The summed E-state index contributed by atoms with van der Waals surface area (Å²) in [6.45, 7) is -1.34. The standard InChI is InChI=1S/C48H36O30/c49-20-1-14(2-21(50)33(20)60)42(66)72-13-32-39(75-44(68)16-5-24(53)35(62)25(54)6-16)40(76-46(70)19-11-30(59)38(65)31(12-19)73-43(67)15-3-22(51)34(61)23(52)4-15)41(77-45(69)17-7-26(55)36(63)27(56)8-17)48(74-32)78-47(71)18-9-28(57)37(64)29(58)10-18/h1-12,32,39-41,48-65H,13H2/t32-,39+,40+,41-,48+/m0/s1. The summed E-state index contributed by atoms with van der Waals surface area (Å²) in [5, 5.41) is 172. The highest BCUT2D eigenvalue weighted by Crippen LogP contribution is 2.43. The first-order chi connectivity index (χ1) is 36.6. The maximum absolute atomic E-state index is 14.5. The molecule has 0 amide bonds. The van der Waals surface area contributed by atoms with Gasteiger partial charge in [0.05, 0.1) is 33.4 Å². The Bertz CT molecular complexity index is 3340. The fraction of sp³-hybridized carbons (Fsp3) is 0.125. The number of hydrogen-bond donors (Lipinski definition) is 17. The molecule has 78 heavy (non-hydrogen) atoms. The second-order valence-electron chi connectivity index (χ2n) is 16.2. The number of hydrogen-bond acceptors (Lipinski definition) is 30. The van der Waals surface area contributed by atoms with Crippen molar-refractivity contribution in [2.75, 3.05) is 6.61 Å². The maximum atomic E-state index is 14.5. The van der Waals surface area contributed by atoms with Gasteiger partial charge in [0.1, 0.15) is 12.7 Å². The minimum Gasteiger partial charge on any atom is -0.504 e. The summed E-state index contributed by atoms with van der Waals surface area (Å²) < 4.78 is 38.6. The second-order valence-corrected chi connectivity index (χ2v) is 16.2. The van der Waals surface area contributed by atoms with Crippen LogP contribution in [0.25, 0.3) is 0 Å². The fourth-order valence-electron chi connectivity index (χ4n) is 7.06. The molecule has 1 aliphatic heterocycles. The fourth-order valence-corrected chi connectivity index (χ4v) is 7.06. The molecule has 30 heteroatoms. The van der Waals surface area contributed by atoms with Crippen LogP contribution in [-0.4, -0.2) is 160 Å². The minimum absolute atomic E-state index is 0.446. The summed E-state index contributed by atoms with van der Waals surface area (Å²) in [6.07, 6.45) is -12.8. The van der Waals surface area contributed by atoms with Gasteiger partial charge in [-0.25, -0.2) is 28.8 Å². The van der Waals surface area contributed by atoms with E-state index in [2.05, 4.69) is 0 Å². The van der Waals surface area contributed by atoms with Crippen molar-refractivity contribution >= 4 is 35.8 Å². The van der Waals surface area contributed by atoms with Gasteiger partial charge in [-0.05, 0) is 72.8 Å². The Labute approximate surface area is 430 Å². The van der Waals surface area contributed by atoms with E-state index < -0.39 is 210 Å². The van der Waals surface area contributed by atoms with E-state index in [0.29, 0.717) is 72.8 Å². The molecular formula is C48H36O30. The highest BCUT2D eigenvalue weighted by Gasteiger charge is 2.55. The first-order valence-corrected chi connectivity index (χ1v) is 21.3. The van der Waals surface area contributed by atoms with Gasteiger partial charge in [0.2, 0.25) is 18.1 Å². The van der Waals surface area contributed by atoms with Gasteiger partial charge >= 0.3 is 35.8 Å². The molecule has 30 nitrogen and oxygen atoms in total. The molecule has 0 unspecified atom stereocenters. The molecule has 0 saturated carbocycles.